The lowest BCUT2D eigenvalue weighted by Gasteiger charge is -2.40. The third kappa shape index (κ3) is 3.90. The van der Waals surface area contributed by atoms with Crippen LogP contribution in [-0.4, -0.2) is 58.2 Å². The van der Waals surface area contributed by atoms with Crippen LogP contribution >= 0.6 is 0 Å². The number of rotatable bonds is 4. The molecular formula is C24H30N6O. The Morgan fingerprint density at radius 2 is 1.94 bits per heavy atom. The quantitative estimate of drug-likeness (QED) is 0.680. The second-order valence-electron chi connectivity index (χ2n) is 9.26. The Kier molecular flexibility index (Phi) is 5.14. The monoisotopic (exact) mass is 418 g/mol. The number of anilines is 1. The summed E-state index contributed by atoms with van der Waals surface area (Å²) in [5.41, 5.74) is 11.1. The van der Waals surface area contributed by atoms with E-state index in [1.165, 1.54) is 5.69 Å². The Bertz CT molecular complexity index is 1070. The van der Waals surface area contributed by atoms with Crippen LogP contribution in [0.5, 0.6) is 0 Å². The number of hydrogen-bond donors (Lipinski definition) is 2. The van der Waals surface area contributed by atoms with Gasteiger partial charge in [0.1, 0.15) is 0 Å². The van der Waals surface area contributed by atoms with Crippen molar-refractivity contribution in [2.75, 3.05) is 31.1 Å². The minimum Gasteiger partial charge on any atom is -0.371 e. The van der Waals surface area contributed by atoms with Gasteiger partial charge in [0.05, 0.1) is 17.8 Å². The molecule has 2 aliphatic rings. The van der Waals surface area contributed by atoms with Crippen molar-refractivity contribution in [3.8, 4) is 0 Å². The number of amides is 1. The molecule has 1 unspecified atom stereocenters. The molecule has 7 nitrogen and oxygen atoms in total. The van der Waals surface area contributed by atoms with E-state index in [4.69, 9.17) is 5.73 Å². The number of aromatic amines is 1. The van der Waals surface area contributed by atoms with E-state index >= 15 is 0 Å². The highest BCUT2D eigenvalue weighted by Crippen LogP contribution is 2.41. The van der Waals surface area contributed by atoms with Crippen molar-refractivity contribution in [2.24, 2.45) is 11.1 Å². The summed E-state index contributed by atoms with van der Waals surface area (Å²) < 4.78 is 0. The fraction of sp³-hybridized carbons (Fsp3) is 0.458. The fourth-order valence-corrected chi connectivity index (χ4v) is 5.33. The molecule has 1 aromatic carbocycles. The van der Waals surface area contributed by atoms with E-state index in [0.29, 0.717) is 6.42 Å². The second kappa shape index (κ2) is 7.96. The Balaban J connectivity index is 1.20. The summed E-state index contributed by atoms with van der Waals surface area (Å²) in [5, 5.41) is 8.20. The molecule has 0 radical (unpaired) electrons. The molecule has 1 amide bonds. The standard InChI is InChI=1S/C24H30N6O/c1-17-12-18(13-19-15-27-28-22(17)19)14-21(25)23(31)30-11-6-24(16-30)4-9-29(10-5-24)20-2-7-26-8-3-20/h2-3,7-8,12-13,15,21H,4-6,9-11,14,16,25H2,1H3,(H,27,28). The van der Waals surface area contributed by atoms with Crippen LogP contribution in [0.3, 0.4) is 0 Å². The molecule has 0 aliphatic carbocycles. The molecule has 2 aromatic heterocycles. The summed E-state index contributed by atoms with van der Waals surface area (Å²) in [6.07, 6.45) is 9.39. The third-order valence-corrected chi connectivity index (χ3v) is 7.18. The average Bonchev–Trinajstić information content (AvgIpc) is 3.42. The van der Waals surface area contributed by atoms with Gasteiger partial charge in [-0.05, 0) is 67.3 Å². The molecule has 0 bridgehead atoms. The largest absolute Gasteiger partial charge is 0.371 e. The van der Waals surface area contributed by atoms with Gasteiger partial charge >= 0.3 is 0 Å². The number of pyridine rings is 1. The number of likely N-dealkylation sites (tertiary alicyclic amines) is 1. The van der Waals surface area contributed by atoms with Crippen molar-refractivity contribution < 1.29 is 4.79 Å². The minimum atomic E-state index is -0.504. The van der Waals surface area contributed by atoms with Crippen molar-refractivity contribution in [2.45, 2.75) is 38.6 Å². The Morgan fingerprint density at radius 3 is 2.71 bits per heavy atom. The average molecular weight is 419 g/mol. The fourth-order valence-electron chi connectivity index (χ4n) is 5.33. The van der Waals surface area contributed by atoms with Crippen molar-refractivity contribution in [1.82, 2.24) is 20.1 Å². The smallest absolute Gasteiger partial charge is 0.239 e. The Labute approximate surface area is 182 Å². The minimum absolute atomic E-state index is 0.0818. The van der Waals surface area contributed by atoms with Gasteiger partial charge in [-0.3, -0.25) is 14.9 Å². The van der Waals surface area contributed by atoms with Crippen molar-refractivity contribution in [1.29, 1.82) is 0 Å². The van der Waals surface area contributed by atoms with Gasteiger partial charge in [-0.1, -0.05) is 6.07 Å². The van der Waals surface area contributed by atoms with E-state index in [1.807, 2.05) is 23.5 Å². The summed E-state index contributed by atoms with van der Waals surface area (Å²) in [5.74, 6) is 0.0818. The maximum absolute atomic E-state index is 13.1. The number of nitrogens with two attached hydrogens (primary N) is 1. The summed E-state index contributed by atoms with van der Waals surface area (Å²) in [4.78, 5) is 21.7. The zero-order chi connectivity index (χ0) is 21.4. The molecular weight excluding hydrogens is 388 g/mol. The molecule has 162 valence electrons. The molecule has 0 saturated carbocycles. The second-order valence-corrected chi connectivity index (χ2v) is 9.26. The van der Waals surface area contributed by atoms with Gasteiger partial charge in [-0.2, -0.15) is 5.10 Å². The van der Waals surface area contributed by atoms with Crippen molar-refractivity contribution >= 4 is 22.5 Å². The molecule has 2 fully saturated rings. The number of nitrogens with one attached hydrogen (secondary N) is 1. The number of H-pyrrole nitrogens is 1. The highest BCUT2D eigenvalue weighted by molar-refractivity contribution is 5.84. The van der Waals surface area contributed by atoms with Gasteiger partial charge < -0.3 is 15.5 Å². The van der Waals surface area contributed by atoms with E-state index in [2.05, 4.69) is 51.3 Å². The normalized spacial score (nSPS) is 19.3. The molecule has 4 heterocycles. The first kappa shape index (κ1) is 20.0. The van der Waals surface area contributed by atoms with Gasteiger partial charge in [0, 0.05) is 49.6 Å². The molecule has 5 rings (SSSR count). The van der Waals surface area contributed by atoms with Gasteiger partial charge in [-0.15, -0.1) is 0 Å². The zero-order valence-electron chi connectivity index (χ0n) is 18.1. The van der Waals surface area contributed by atoms with Gasteiger partial charge in [0.2, 0.25) is 5.91 Å². The highest BCUT2D eigenvalue weighted by atomic mass is 16.2. The first-order chi connectivity index (χ1) is 15.0. The number of fused-ring (bicyclic) bond motifs is 1. The van der Waals surface area contributed by atoms with E-state index < -0.39 is 6.04 Å². The number of carbonyl (C=O) groups is 1. The number of hydrogen-bond acceptors (Lipinski definition) is 5. The third-order valence-electron chi connectivity index (χ3n) is 7.18. The molecule has 1 spiro atoms. The van der Waals surface area contributed by atoms with E-state index in [-0.39, 0.29) is 11.3 Å². The molecule has 3 aromatic rings. The summed E-state index contributed by atoms with van der Waals surface area (Å²) >= 11 is 0. The lowest BCUT2D eigenvalue weighted by atomic mass is 9.77. The molecule has 2 saturated heterocycles. The van der Waals surface area contributed by atoms with Crippen LogP contribution in [0, 0.1) is 12.3 Å². The number of nitrogens with zero attached hydrogens (tertiary/aromatic N) is 4. The first-order valence-corrected chi connectivity index (χ1v) is 11.1. The number of piperidine rings is 1. The number of aromatic nitrogens is 3. The van der Waals surface area contributed by atoms with Crippen molar-refractivity contribution in [3.05, 3.63) is 54.0 Å². The van der Waals surface area contributed by atoms with Gasteiger partial charge in [-0.25, -0.2) is 0 Å². The summed E-state index contributed by atoms with van der Waals surface area (Å²) in [6, 6.07) is 7.83. The van der Waals surface area contributed by atoms with Gasteiger partial charge in [0.25, 0.3) is 0 Å². The zero-order valence-corrected chi connectivity index (χ0v) is 18.1. The molecule has 7 heteroatoms. The van der Waals surface area contributed by atoms with Crippen LogP contribution in [-0.2, 0) is 11.2 Å². The SMILES string of the molecule is Cc1cc(CC(N)C(=O)N2CCC3(CCN(c4ccncc4)CC3)C2)cc2cn[nH]c12. The molecule has 2 aliphatic heterocycles. The van der Waals surface area contributed by atoms with Crippen LogP contribution in [0.25, 0.3) is 10.9 Å². The molecule has 3 N–H and O–H groups in total. The lowest BCUT2D eigenvalue weighted by Crippen LogP contribution is -2.46. The maximum Gasteiger partial charge on any atom is 0.239 e. The summed E-state index contributed by atoms with van der Waals surface area (Å²) in [6.45, 7) is 5.77. The predicted molar refractivity (Wildman–Crippen MR) is 122 cm³/mol. The van der Waals surface area contributed by atoms with Crippen LogP contribution in [0.4, 0.5) is 5.69 Å². The summed E-state index contributed by atoms with van der Waals surface area (Å²) in [7, 11) is 0. The Morgan fingerprint density at radius 1 is 1.19 bits per heavy atom. The topological polar surface area (TPSA) is 91.1 Å². The van der Waals surface area contributed by atoms with Gasteiger partial charge in [0.15, 0.2) is 0 Å². The van der Waals surface area contributed by atoms with Crippen LogP contribution < -0.4 is 10.6 Å². The van der Waals surface area contributed by atoms with Crippen molar-refractivity contribution in [3.63, 3.8) is 0 Å². The lowest BCUT2D eigenvalue weighted by molar-refractivity contribution is -0.132. The number of aryl methyl sites for hydroxylation is 1. The number of benzene rings is 1. The van der Waals surface area contributed by atoms with Crippen LogP contribution in [0.1, 0.15) is 30.4 Å². The van der Waals surface area contributed by atoms with Crippen LogP contribution in [0.2, 0.25) is 0 Å². The first-order valence-electron chi connectivity index (χ1n) is 11.1. The Hall–Kier alpha value is -2.93. The molecule has 1 atom stereocenters. The van der Waals surface area contributed by atoms with E-state index in [9.17, 15) is 4.79 Å². The van der Waals surface area contributed by atoms with E-state index in [0.717, 1.165) is 67.5 Å². The van der Waals surface area contributed by atoms with Crippen LogP contribution in [0.15, 0.2) is 42.9 Å². The maximum atomic E-state index is 13.1. The number of carbonyl (C=O) groups excluding carboxylic acids is 1. The predicted octanol–water partition coefficient (Wildman–Crippen LogP) is 2.66. The highest BCUT2D eigenvalue weighted by Gasteiger charge is 2.42. The van der Waals surface area contributed by atoms with E-state index in [1.54, 1.807) is 0 Å². The molecule has 31 heavy (non-hydrogen) atoms.